The van der Waals surface area contributed by atoms with Gasteiger partial charge in [-0.15, -0.1) is 0 Å². The van der Waals surface area contributed by atoms with E-state index in [2.05, 4.69) is 15.7 Å². The number of alkyl halides is 3. The number of halogens is 4. The molecule has 2 aromatic carbocycles. The van der Waals surface area contributed by atoms with Gasteiger partial charge in [0.15, 0.2) is 5.69 Å². The molecule has 2 heterocycles. The highest BCUT2D eigenvalue weighted by molar-refractivity contribution is 6.03. The number of carbonyl (C=O) groups is 3. The lowest BCUT2D eigenvalue weighted by Crippen LogP contribution is -2.40. The van der Waals surface area contributed by atoms with Crippen molar-refractivity contribution in [1.29, 1.82) is 0 Å². The smallest absolute Gasteiger partial charge is 0.435 e. The number of ether oxygens (including phenoxy) is 2. The van der Waals surface area contributed by atoms with Crippen LogP contribution in [-0.4, -0.2) is 50.5 Å². The number of fused-ring (bicyclic) bond motifs is 1. The number of rotatable bonds is 5. The fourth-order valence-corrected chi connectivity index (χ4v) is 4.54. The van der Waals surface area contributed by atoms with Crippen LogP contribution in [0.5, 0.6) is 0 Å². The molecule has 0 radical (unpaired) electrons. The van der Waals surface area contributed by atoms with E-state index in [-0.39, 0.29) is 43.0 Å². The number of amides is 3. The molecule has 1 aliphatic rings. The number of benzene rings is 2. The first-order chi connectivity index (χ1) is 20.8. The molecule has 2 N–H and O–H groups in total. The quantitative estimate of drug-likeness (QED) is 0.306. The van der Waals surface area contributed by atoms with E-state index in [1.165, 1.54) is 29.2 Å². The summed E-state index contributed by atoms with van der Waals surface area (Å²) in [7, 11) is 0. The molecule has 1 aliphatic heterocycles. The molecule has 1 aromatic heterocycles. The highest BCUT2D eigenvalue weighted by Crippen LogP contribution is 2.31. The van der Waals surface area contributed by atoms with E-state index in [1.54, 1.807) is 53.7 Å². The van der Waals surface area contributed by atoms with Gasteiger partial charge in [-0.2, -0.15) is 18.3 Å². The van der Waals surface area contributed by atoms with Crippen LogP contribution in [0.3, 0.4) is 0 Å². The van der Waals surface area contributed by atoms with Gasteiger partial charge in [0.1, 0.15) is 22.7 Å². The Labute approximate surface area is 257 Å². The normalized spacial score (nSPS) is 13.6. The molecule has 0 unspecified atom stereocenters. The molecule has 0 atom stereocenters. The number of anilines is 1. The Morgan fingerprint density at radius 2 is 1.64 bits per heavy atom. The van der Waals surface area contributed by atoms with E-state index >= 15 is 4.39 Å². The zero-order chi connectivity index (χ0) is 33.3. The SMILES string of the molecule is CC(C)(C)OC(=O)NCc1cccc(-n2nc(C(F)(F)F)cc2C(=O)Nc2ccc3c(c2F)CCN(C(=O)OC(C)(C)C)C3)c1. The van der Waals surface area contributed by atoms with Crippen LogP contribution in [0.1, 0.15) is 74.4 Å². The largest absolute Gasteiger partial charge is 0.444 e. The van der Waals surface area contributed by atoms with Crippen LogP contribution in [0, 0.1) is 5.82 Å². The monoisotopic (exact) mass is 633 g/mol. The number of nitrogens with zero attached hydrogens (tertiary/aromatic N) is 3. The number of carbonyl (C=O) groups excluding carboxylic acids is 3. The van der Waals surface area contributed by atoms with Gasteiger partial charge >= 0.3 is 18.4 Å². The standard InChI is InChI=1S/C31H35F4N5O5/c1-29(2,3)44-27(42)36-16-18-8-7-9-20(14-18)40-23(15-24(38-40)31(33,34)35)26(41)37-22-11-10-19-17-39(13-12-21(19)25(22)32)28(43)45-30(4,5)6/h7-11,14-15H,12-13,16-17H2,1-6H3,(H,36,42)(H,37,41). The van der Waals surface area contributed by atoms with E-state index in [0.717, 1.165) is 4.68 Å². The first-order valence-corrected chi connectivity index (χ1v) is 14.1. The minimum Gasteiger partial charge on any atom is -0.444 e. The fraction of sp³-hybridized carbons (Fsp3) is 0.419. The van der Waals surface area contributed by atoms with Crippen molar-refractivity contribution < 1.29 is 41.4 Å². The van der Waals surface area contributed by atoms with Gasteiger partial charge in [-0.25, -0.2) is 18.7 Å². The fourth-order valence-electron chi connectivity index (χ4n) is 4.54. The van der Waals surface area contributed by atoms with E-state index in [9.17, 15) is 27.6 Å². The van der Waals surface area contributed by atoms with Gasteiger partial charge in [0.05, 0.1) is 11.4 Å². The van der Waals surface area contributed by atoms with Crippen molar-refractivity contribution >= 4 is 23.8 Å². The highest BCUT2D eigenvalue weighted by atomic mass is 19.4. The third-order valence-corrected chi connectivity index (χ3v) is 6.46. The molecule has 14 heteroatoms. The zero-order valence-corrected chi connectivity index (χ0v) is 25.8. The van der Waals surface area contributed by atoms with Gasteiger partial charge in [-0.05, 0) is 82.9 Å². The molecule has 3 aromatic rings. The molecule has 0 bridgehead atoms. The van der Waals surface area contributed by atoms with Crippen LogP contribution >= 0.6 is 0 Å². The Hall–Kier alpha value is -4.62. The first-order valence-electron chi connectivity index (χ1n) is 14.1. The van der Waals surface area contributed by atoms with Gasteiger partial charge < -0.3 is 25.0 Å². The van der Waals surface area contributed by atoms with Gasteiger partial charge in [0.25, 0.3) is 5.91 Å². The second-order valence-electron chi connectivity index (χ2n) is 12.5. The minimum absolute atomic E-state index is 0.0105. The Morgan fingerprint density at radius 1 is 0.956 bits per heavy atom. The molecular weight excluding hydrogens is 598 g/mol. The molecular formula is C31H35F4N5O5. The van der Waals surface area contributed by atoms with Crippen molar-refractivity contribution in [1.82, 2.24) is 20.0 Å². The molecule has 45 heavy (non-hydrogen) atoms. The topological polar surface area (TPSA) is 115 Å². The van der Waals surface area contributed by atoms with Crippen molar-refractivity contribution in [2.24, 2.45) is 0 Å². The van der Waals surface area contributed by atoms with Gasteiger partial charge in [-0.3, -0.25) is 4.79 Å². The molecule has 0 saturated carbocycles. The maximum Gasteiger partial charge on any atom is 0.435 e. The average Bonchev–Trinajstić information content (AvgIpc) is 3.38. The molecule has 0 aliphatic carbocycles. The zero-order valence-electron chi connectivity index (χ0n) is 25.8. The van der Waals surface area contributed by atoms with E-state index in [1.807, 2.05) is 0 Å². The number of nitrogens with one attached hydrogen (secondary N) is 2. The summed E-state index contributed by atoms with van der Waals surface area (Å²) in [6, 6.07) is 9.47. The van der Waals surface area contributed by atoms with Gasteiger partial charge in [0, 0.05) is 25.7 Å². The Bertz CT molecular complexity index is 1600. The summed E-state index contributed by atoms with van der Waals surface area (Å²) >= 11 is 0. The summed E-state index contributed by atoms with van der Waals surface area (Å²) in [5.41, 5.74) is -2.08. The van der Waals surface area contributed by atoms with Crippen LogP contribution in [0.25, 0.3) is 5.69 Å². The predicted octanol–water partition coefficient (Wildman–Crippen LogP) is 6.60. The molecule has 10 nitrogen and oxygen atoms in total. The lowest BCUT2D eigenvalue weighted by molar-refractivity contribution is -0.141. The number of alkyl carbamates (subject to hydrolysis) is 1. The average molecular weight is 634 g/mol. The number of aromatic nitrogens is 2. The molecule has 242 valence electrons. The summed E-state index contributed by atoms with van der Waals surface area (Å²) in [5.74, 6) is -1.78. The van der Waals surface area contributed by atoms with Crippen LogP contribution in [0.4, 0.5) is 32.8 Å². The predicted molar refractivity (Wildman–Crippen MR) is 156 cm³/mol. The van der Waals surface area contributed by atoms with Gasteiger partial charge in [0.2, 0.25) is 0 Å². The van der Waals surface area contributed by atoms with Crippen molar-refractivity contribution in [3.05, 3.63) is 76.4 Å². The van der Waals surface area contributed by atoms with Crippen LogP contribution in [0.15, 0.2) is 42.5 Å². The summed E-state index contributed by atoms with van der Waals surface area (Å²) in [4.78, 5) is 39.3. The second-order valence-corrected chi connectivity index (χ2v) is 12.5. The highest BCUT2D eigenvalue weighted by Gasteiger charge is 2.36. The number of hydrogen-bond acceptors (Lipinski definition) is 6. The van der Waals surface area contributed by atoms with Crippen molar-refractivity contribution in [3.63, 3.8) is 0 Å². The maximum atomic E-state index is 15.6. The molecule has 0 spiro atoms. The van der Waals surface area contributed by atoms with Crippen molar-refractivity contribution in [3.8, 4) is 5.69 Å². The van der Waals surface area contributed by atoms with Crippen LogP contribution in [-0.2, 0) is 35.2 Å². The van der Waals surface area contributed by atoms with E-state index < -0.39 is 52.7 Å². The van der Waals surface area contributed by atoms with Crippen molar-refractivity contribution in [2.75, 3.05) is 11.9 Å². The first kappa shape index (κ1) is 33.3. The third-order valence-electron chi connectivity index (χ3n) is 6.46. The molecule has 0 saturated heterocycles. The molecule has 4 rings (SSSR count). The minimum atomic E-state index is -4.87. The molecule has 3 amide bonds. The Kier molecular flexibility index (Phi) is 9.17. The number of hydrogen-bond donors (Lipinski definition) is 2. The Balaban J connectivity index is 1.57. The summed E-state index contributed by atoms with van der Waals surface area (Å²) in [5, 5.41) is 8.55. The second kappa shape index (κ2) is 12.4. The summed E-state index contributed by atoms with van der Waals surface area (Å²) in [6.07, 6.45) is -5.95. The van der Waals surface area contributed by atoms with E-state index in [0.29, 0.717) is 17.2 Å². The van der Waals surface area contributed by atoms with Crippen LogP contribution < -0.4 is 10.6 Å². The molecule has 0 fully saturated rings. The lowest BCUT2D eigenvalue weighted by atomic mass is 9.98. The van der Waals surface area contributed by atoms with Crippen LogP contribution in [0.2, 0.25) is 0 Å². The third kappa shape index (κ3) is 8.52. The summed E-state index contributed by atoms with van der Waals surface area (Å²) < 4.78 is 68.0. The lowest BCUT2D eigenvalue weighted by Gasteiger charge is -2.31. The van der Waals surface area contributed by atoms with Gasteiger partial charge in [-0.1, -0.05) is 18.2 Å². The maximum absolute atomic E-state index is 15.6. The summed E-state index contributed by atoms with van der Waals surface area (Å²) in [6.45, 7) is 10.6. The van der Waals surface area contributed by atoms with Crippen molar-refractivity contribution in [2.45, 2.75) is 78.4 Å². The Morgan fingerprint density at radius 3 is 2.29 bits per heavy atom. The van der Waals surface area contributed by atoms with E-state index in [4.69, 9.17) is 9.47 Å².